The summed E-state index contributed by atoms with van der Waals surface area (Å²) in [7, 11) is 0. The highest BCUT2D eigenvalue weighted by molar-refractivity contribution is 5.43. The zero-order valence-electron chi connectivity index (χ0n) is 8.97. The van der Waals surface area contributed by atoms with Crippen LogP contribution in [-0.4, -0.2) is 4.92 Å². The molecule has 0 bridgehead atoms. The van der Waals surface area contributed by atoms with Crippen molar-refractivity contribution in [2.24, 2.45) is 0 Å². The highest BCUT2D eigenvalue weighted by atomic mass is 19.1. The Morgan fingerprint density at radius 2 is 1.76 bits per heavy atom. The number of rotatable bonds is 3. The second-order valence-electron chi connectivity index (χ2n) is 3.66. The molecular formula is C13H10FNO2. The maximum Gasteiger partial charge on any atom is 0.275 e. The van der Waals surface area contributed by atoms with E-state index in [9.17, 15) is 14.5 Å². The molecule has 0 N–H and O–H groups in total. The molecule has 0 fully saturated rings. The number of halogens is 1. The molecule has 0 radical (unpaired) electrons. The Balaban J connectivity index is 2.41. The summed E-state index contributed by atoms with van der Waals surface area (Å²) in [5.41, 5.74) is 0.804. The van der Waals surface area contributed by atoms with Gasteiger partial charge in [0.05, 0.1) is 10.5 Å². The largest absolute Gasteiger partial charge is 0.275 e. The quantitative estimate of drug-likeness (QED) is 0.600. The molecule has 86 valence electrons. The standard InChI is InChI=1S/C13H10FNO2/c14-12-7-4-8-13(15(16)17)11(12)9-10-5-2-1-3-6-10/h1-8H,9H2. The molecule has 0 aliphatic carbocycles. The molecule has 0 aliphatic heterocycles. The number of benzene rings is 2. The van der Waals surface area contributed by atoms with Gasteiger partial charge in [-0.25, -0.2) is 4.39 Å². The number of hydrogen-bond donors (Lipinski definition) is 0. The fourth-order valence-corrected chi connectivity index (χ4v) is 1.69. The van der Waals surface area contributed by atoms with Crippen LogP contribution in [0.15, 0.2) is 48.5 Å². The molecule has 2 aromatic rings. The highest BCUT2D eigenvalue weighted by Crippen LogP contribution is 2.24. The van der Waals surface area contributed by atoms with E-state index in [4.69, 9.17) is 0 Å². The van der Waals surface area contributed by atoms with Crippen LogP contribution >= 0.6 is 0 Å². The van der Waals surface area contributed by atoms with Gasteiger partial charge in [-0.1, -0.05) is 36.4 Å². The Morgan fingerprint density at radius 3 is 2.41 bits per heavy atom. The summed E-state index contributed by atoms with van der Waals surface area (Å²) in [6, 6.07) is 13.0. The predicted molar refractivity (Wildman–Crippen MR) is 62.3 cm³/mol. The van der Waals surface area contributed by atoms with Crippen LogP contribution < -0.4 is 0 Å². The Bertz CT molecular complexity index is 540. The second kappa shape index (κ2) is 4.74. The average molecular weight is 231 g/mol. The van der Waals surface area contributed by atoms with Gasteiger partial charge in [0.1, 0.15) is 5.82 Å². The first-order valence-electron chi connectivity index (χ1n) is 5.14. The molecule has 2 rings (SSSR count). The zero-order chi connectivity index (χ0) is 12.3. The second-order valence-corrected chi connectivity index (χ2v) is 3.66. The van der Waals surface area contributed by atoms with Crippen molar-refractivity contribution in [1.82, 2.24) is 0 Å². The molecular weight excluding hydrogens is 221 g/mol. The smallest absolute Gasteiger partial charge is 0.258 e. The van der Waals surface area contributed by atoms with E-state index < -0.39 is 10.7 Å². The van der Waals surface area contributed by atoms with Gasteiger partial charge in [-0.15, -0.1) is 0 Å². The minimum atomic E-state index is -0.554. The molecule has 17 heavy (non-hydrogen) atoms. The highest BCUT2D eigenvalue weighted by Gasteiger charge is 2.17. The first kappa shape index (κ1) is 11.3. The van der Waals surface area contributed by atoms with E-state index in [0.29, 0.717) is 0 Å². The molecule has 0 unspecified atom stereocenters. The summed E-state index contributed by atoms with van der Waals surface area (Å²) >= 11 is 0. The van der Waals surface area contributed by atoms with Crippen LogP contribution in [0.4, 0.5) is 10.1 Å². The fourth-order valence-electron chi connectivity index (χ4n) is 1.69. The first-order valence-corrected chi connectivity index (χ1v) is 5.14. The van der Waals surface area contributed by atoms with Crippen molar-refractivity contribution in [2.75, 3.05) is 0 Å². The lowest BCUT2D eigenvalue weighted by molar-refractivity contribution is -0.385. The maximum absolute atomic E-state index is 13.6. The average Bonchev–Trinajstić information content (AvgIpc) is 2.33. The minimum absolute atomic E-state index is 0.128. The molecule has 0 heterocycles. The fraction of sp³-hybridized carbons (Fsp3) is 0.0769. The van der Waals surface area contributed by atoms with E-state index in [1.54, 1.807) is 0 Å². The van der Waals surface area contributed by atoms with Gasteiger partial charge in [-0.3, -0.25) is 10.1 Å². The van der Waals surface area contributed by atoms with Crippen LogP contribution in [0.3, 0.4) is 0 Å². The van der Waals surface area contributed by atoms with Gasteiger partial charge >= 0.3 is 0 Å². The molecule has 0 aromatic heterocycles. The van der Waals surface area contributed by atoms with Crippen LogP contribution in [0.1, 0.15) is 11.1 Å². The van der Waals surface area contributed by atoms with E-state index in [0.717, 1.165) is 5.56 Å². The third kappa shape index (κ3) is 2.47. The summed E-state index contributed by atoms with van der Waals surface area (Å²) in [4.78, 5) is 10.2. The molecule has 0 saturated heterocycles. The molecule has 0 saturated carbocycles. The molecule has 0 amide bonds. The predicted octanol–water partition coefficient (Wildman–Crippen LogP) is 3.32. The zero-order valence-corrected chi connectivity index (χ0v) is 8.97. The lowest BCUT2D eigenvalue weighted by Crippen LogP contribution is -1.99. The normalized spacial score (nSPS) is 10.2. The van der Waals surface area contributed by atoms with E-state index in [1.165, 1.54) is 18.2 Å². The number of nitrogens with zero attached hydrogens (tertiary/aromatic N) is 1. The first-order chi connectivity index (χ1) is 8.18. The third-order valence-corrected chi connectivity index (χ3v) is 2.51. The van der Waals surface area contributed by atoms with Crippen LogP contribution in [0, 0.1) is 15.9 Å². The monoisotopic (exact) mass is 231 g/mol. The molecule has 0 spiro atoms. The van der Waals surface area contributed by atoms with Crippen LogP contribution in [0.5, 0.6) is 0 Å². The van der Waals surface area contributed by atoms with E-state index in [1.807, 2.05) is 30.3 Å². The summed E-state index contributed by atoms with van der Waals surface area (Å²) in [6.45, 7) is 0. The molecule has 3 nitrogen and oxygen atoms in total. The van der Waals surface area contributed by atoms with Gasteiger partial charge in [0.2, 0.25) is 0 Å². The van der Waals surface area contributed by atoms with Crippen molar-refractivity contribution >= 4 is 5.69 Å². The Morgan fingerprint density at radius 1 is 1.06 bits per heavy atom. The van der Waals surface area contributed by atoms with Crippen LogP contribution in [0.2, 0.25) is 0 Å². The van der Waals surface area contributed by atoms with Gasteiger partial charge in [-0.05, 0) is 11.6 Å². The number of nitro benzene ring substituents is 1. The summed E-state index contributed by atoms with van der Waals surface area (Å²) in [5.74, 6) is -0.539. The van der Waals surface area contributed by atoms with Gasteiger partial charge in [0.15, 0.2) is 0 Å². The molecule has 0 aliphatic rings. The lowest BCUT2D eigenvalue weighted by Gasteiger charge is -2.04. The summed E-state index contributed by atoms with van der Waals surface area (Å²) in [5, 5.41) is 10.8. The molecule has 0 atom stereocenters. The SMILES string of the molecule is O=[N+]([O-])c1cccc(F)c1Cc1ccccc1. The summed E-state index contributed by atoms with van der Waals surface area (Å²) < 4.78 is 13.6. The van der Waals surface area contributed by atoms with Gasteiger partial charge in [0.25, 0.3) is 5.69 Å². The van der Waals surface area contributed by atoms with Crippen molar-refractivity contribution in [3.63, 3.8) is 0 Å². The van der Waals surface area contributed by atoms with Gasteiger partial charge < -0.3 is 0 Å². The number of nitro groups is 1. The third-order valence-electron chi connectivity index (χ3n) is 2.51. The topological polar surface area (TPSA) is 43.1 Å². The van der Waals surface area contributed by atoms with Crippen LogP contribution in [0.25, 0.3) is 0 Å². The van der Waals surface area contributed by atoms with E-state index in [2.05, 4.69) is 0 Å². The van der Waals surface area contributed by atoms with Crippen molar-refractivity contribution in [1.29, 1.82) is 0 Å². The Hall–Kier alpha value is -2.23. The number of hydrogen-bond acceptors (Lipinski definition) is 2. The van der Waals surface area contributed by atoms with Crippen molar-refractivity contribution < 1.29 is 9.31 Å². The van der Waals surface area contributed by atoms with E-state index in [-0.39, 0.29) is 17.7 Å². The van der Waals surface area contributed by atoms with Crippen molar-refractivity contribution in [3.05, 3.63) is 75.6 Å². The Labute approximate surface area is 97.7 Å². The molecule has 2 aromatic carbocycles. The minimum Gasteiger partial charge on any atom is -0.258 e. The maximum atomic E-state index is 13.6. The van der Waals surface area contributed by atoms with Gasteiger partial charge in [0, 0.05) is 12.5 Å². The lowest BCUT2D eigenvalue weighted by atomic mass is 10.0. The van der Waals surface area contributed by atoms with Gasteiger partial charge in [-0.2, -0.15) is 0 Å². The summed E-state index contributed by atoms with van der Waals surface area (Å²) in [6.07, 6.45) is 0.226. The van der Waals surface area contributed by atoms with Crippen molar-refractivity contribution in [3.8, 4) is 0 Å². The van der Waals surface area contributed by atoms with E-state index >= 15 is 0 Å². The van der Waals surface area contributed by atoms with Crippen LogP contribution in [-0.2, 0) is 6.42 Å². The Kier molecular flexibility index (Phi) is 3.14. The van der Waals surface area contributed by atoms with Crippen molar-refractivity contribution in [2.45, 2.75) is 6.42 Å². The molecule has 4 heteroatoms.